The van der Waals surface area contributed by atoms with Crippen molar-refractivity contribution in [3.63, 3.8) is 0 Å². The summed E-state index contributed by atoms with van der Waals surface area (Å²) in [5.74, 6) is 0. The van der Waals surface area contributed by atoms with Gasteiger partial charge in [-0.2, -0.15) is 0 Å². The smallest absolute Gasteiger partial charge is 0.136 e. The standard InChI is InChI=1S/C65H43NO/c1-4-16-44(17-5-1)45-28-34-51(35-29-45)66(53-38-41-57-56-24-12-14-26-60(56)65(61(57)43-53,49-19-6-2-7-20-49)50-21-8-3-9-22-50)52-36-30-47(31-37-52)55-39-32-46-18-10-11-23-54(46)64(55)48-33-40-59-58-25-13-15-27-62(58)67-63(59)42-48/h1-43H/i1D,2D,3D,4D,5D,6D,7D,8D,12D,13D,14D,15D,16D,17D,19D,21D,22D,23D,24D,26D,27D,28D,29D,30D,31D,32D,33D,34D,38D,39D,41D,42D,43D. The van der Waals surface area contributed by atoms with E-state index in [2.05, 4.69) is 0 Å². The summed E-state index contributed by atoms with van der Waals surface area (Å²) in [7, 11) is 0. The van der Waals surface area contributed by atoms with E-state index in [9.17, 15) is 24.7 Å². The Hall–Kier alpha value is -8.72. The minimum atomic E-state index is -3.09. The lowest BCUT2D eigenvalue weighted by molar-refractivity contribution is 0.669. The Morgan fingerprint density at radius 2 is 1.06 bits per heavy atom. The molecule has 1 unspecified atom stereocenters. The third-order valence-electron chi connectivity index (χ3n) is 11.5. The molecule has 12 aromatic rings. The lowest BCUT2D eigenvalue weighted by Gasteiger charge is -2.35. The second kappa shape index (κ2) is 15.8. The fourth-order valence-electron chi connectivity index (χ4n) is 8.57. The van der Waals surface area contributed by atoms with Gasteiger partial charge in [0.1, 0.15) is 11.2 Å². The van der Waals surface area contributed by atoms with Crippen molar-refractivity contribution in [1.29, 1.82) is 0 Å². The summed E-state index contributed by atoms with van der Waals surface area (Å²) in [5.41, 5.74) is -14.0. The predicted molar refractivity (Wildman–Crippen MR) is 280 cm³/mol. The molecule has 0 radical (unpaired) electrons. The van der Waals surface area contributed by atoms with E-state index in [0.717, 1.165) is 30.3 Å². The van der Waals surface area contributed by atoms with E-state index >= 15 is 0 Å². The van der Waals surface area contributed by atoms with Crippen LogP contribution in [0.15, 0.2) is 264 Å². The molecule has 1 heterocycles. The number of hydrogen-bond donors (Lipinski definition) is 0. The quantitative estimate of drug-likeness (QED) is 0.151. The van der Waals surface area contributed by atoms with Crippen molar-refractivity contribution in [1.82, 2.24) is 0 Å². The molecule has 2 heteroatoms. The second-order valence-corrected chi connectivity index (χ2v) is 15.0. The number of para-hydroxylation sites is 1. The molecule has 11 aromatic carbocycles. The van der Waals surface area contributed by atoms with E-state index in [1.807, 2.05) is 0 Å². The summed E-state index contributed by atoms with van der Waals surface area (Å²) >= 11 is 0. The van der Waals surface area contributed by atoms with Gasteiger partial charge in [0.25, 0.3) is 0 Å². The molecule has 0 spiro atoms. The molecule has 13 rings (SSSR count). The van der Waals surface area contributed by atoms with Crippen LogP contribution in [0.25, 0.3) is 77.2 Å². The molecule has 0 aliphatic heterocycles. The summed E-state index contributed by atoms with van der Waals surface area (Å²) < 4.78 is 313. The van der Waals surface area contributed by atoms with Crippen LogP contribution in [0.4, 0.5) is 17.1 Å². The summed E-state index contributed by atoms with van der Waals surface area (Å²) in [5, 5.41) is -0.106. The summed E-state index contributed by atoms with van der Waals surface area (Å²) in [6.07, 6.45) is 0. The maximum absolute atomic E-state index is 10.8. The molecule has 0 N–H and O–H groups in total. The highest BCUT2D eigenvalue weighted by molar-refractivity contribution is 6.09. The average Bonchev–Trinajstić information content (AvgIpc) is 1.48. The van der Waals surface area contributed by atoms with Crippen LogP contribution in [0.1, 0.15) is 67.5 Å². The van der Waals surface area contributed by atoms with Crippen molar-refractivity contribution in [2.75, 3.05) is 4.90 Å². The van der Waals surface area contributed by atoms with Crippen LogP contribution in [0.5, 0.6) is 0 Å². The molecule has 314 valence electrons. The van der Waals surface area contributed by atoms with Gasteiger partial charge in [-0.15, -0.1) is 0 Å². The predicted octanol–water partition coefficient (Wildman–Crippen LogP) is 17.6. The molecule has 0 bridgehead atoms. The largest absolute Gasteiger partial charge is 0.456 e. The van der Waals surface area contributed by atoms with Gasteiger partial charge in [-0.3, -0.25) is 0 Å². The van der Waals surface area contributed by atoms with Crippen LogP contribution in [0.2, 0.25) is 0 Å². The van der Waals surface area contributed by atoms with Crippen LogP contribution >= 0.6 is 0 Å². The van der Waals surface area contributed by atoms with E-state index in [-0.39, 0.29) is 50.4 Å². The van der Waals surface area contributed by atoms with Crippen LogP contribution in [-0.2, 0) is 5.41 Å². The van der Waals surface area contributed by atoms with Crippen LogP contribution in [0.3, 0.4) is 0 Å². The fraction of sp³-hybridized carbons (Fsp3) is 0.0154. The molecule has 0 saturated carbocycles. The van der Waals surface area contributed by atoms with E-state index in [0.29, 0.717) is 4.90 Å². The van der Waals surface area contributed by atoms with E-state index in [4.69, 9.17) is 25.0 Å². The highest BCUT2D eigenvalue weighted by Crippen LogP contribution is 2.57. The zero-order chi connectivity index (χ0) is 73.0. The molecule has 1 aromatic heterocycles. The van der Waals surface area contributed by atoms with Crippen molar-refractivity contribution in [2.24, 2.45) is 0 Å². The maximum Gasteiger partial charge on any atom is 0.136 e. The monoisotopic (exact) mass is 887 g/mol. The normalized spacial score (nSPS) is 20.9. The fourth-order valence-corrected chi connectivity index (χ4v) is 8.57. The van der Waals surface area contributed by atoms with Gasteiger partial charge in [-0.05, 0) is 132 Å². The van der Waals surface area contributed by atoms with Gasteiger partial charge in [0.05, 0.1) is 50.7 Å². The van der Waals surface area contributed by atoms with Crippen molar-refractivity contribution in [3.8, 4) is 44.5 Å². The molecule has 0 amide bonds. The van der Waals surface area contributed by atoms with Crippen LogP contribution in [-0.4, -0.2) is 0 Å². The van der Waals surface area contributed by atoms with Gasteiger partial charge in [-0.1, -0.05) is 206 Å². The molecular weight excluding hydrogens is 811 g/mol. The number of rotatable bonds is 8. The molecule has 67 heavy (non-hydrogen) atoms. The molecule has 2 nitrogen and oxygen atoms in total. The minimum absolute atomic E-state index is 0.0541. The number of furan rings is 1. The Morgan fingerprint density at radius 3 is 2.00 bits per heavy atom. The summed E-state index contributed by atoms with van der Waals surface area (Å²) in [6, 6.07) is -17.6. The minimum Gasteiger partial charge on any atom is -0.456 e. The lowest BCUT2D eigenvalue weighted by Crippen LogP contribution is -2.28. The number of fused-ring (bicyclic) bond motifs is 7. The van der Waals surface area contributed by atoms with Crippen molar-refractivity contribution >= 4 is 49.8 Å². The van der Waals surface area contributed by atoms with E-state index in [1.165, 1.54) is 30.3 Å². The second-order valence-electron chi connectivity index (χ2n) is 15.0. The number of hydrogen-bond acceptors (Lipinski definition) is 2. The molecular formula is C65H43NO. The Kier molecular flexibility index (Phi) is 4.22. The Morgan fingerprint density at radius 1 is 0.358 bits per heavy atom. The number of anilines is 3. The first-order valence-corrected chi connectivity index (χ1v) is 20.4. The first-order valence-electron chi connectivity index (χ1n) is 36.9. The van der Waals surface area contributed by atoms with E-state index in [1.54, 1.807) is 0 Å². The molecule has 1 atom stereocenters. The summed E-state index contributed by atoms with van der Waals surface area (Å²) in [6.45, 7) is 0. The van der Waals surface area contributed by atoms with Crippen molar-refractivity contribution < 1.29 is 49.7 Å². The average molecular weight is 887 g/mol. The number of benzene rings is 11. The van der Waals surface area contributed by atoms with Gasteiger partial charge < -0.3 is 9.32 Å². The van der Waals surface area contributed by atoms with Gasteiger partial charge in [-0.25, -0.2) is 0 Å². The molecule has 0 saturated heterocycles. The van der Waals surface area contributed by atoms with E-state index < -0.39 is 271 Å². The number of nitrogens with zero attached hydrogens (tertiary/aromatic N) is 1. The maximum atomic E-state index is 10.8. The third-order valence-corrected chi connectivity index (χ3v) is 11.5. The Labute approximate surface area is 436 Å². The molecule has 1 aliphatic carbocycles. The zero-order valence-corrected chi connectivity index (χ0v) is 34.1. The topological polar surface area (TPSA) is 16.4 Å². The molecule has 0 fully saturated rings. The highest BCUT2D eigenvalue weighted by Gasteiger charge is 2.46. The Balaban J connectivity index is 1.20. The van der Waals surface area contributed by atoms with Gasteiger partial charge >= 0.3 is 0 Å². The third kappa shape index (κ3) is 6.26. The Bertz CT molecular complexity index is 5750. The van der Waals surface area contributed by atoms with Gasteiger partial charge in [0.15, 0.2) is 0 Å². The van der Waals surface area contributed by atoms with Crippen LogP contribution in [0, 0.1) is 0 Å². The highest BCUT2D eigenvalue weighted by atomic mass is 16.3. The zero-order valence-electron chi connectivity index (χ0n) is 67.1. The van der Waals surface area contributed by atoms with Gasteiger partial charge in [0.2, 0.25) is 0 Å². The SMILES string of the molecule is [2H]c1cc(C2(c3c([2H])cc([2H])c([2H])c3[2H])c3c([2H])c([2H])c([2H])c([2H])c3-c3c([2H])c([2H])c(N(c4cc([2H])c(-c5c([2H])c([2H])c6cccc([2H])c6c5-c5c([2H])cc6c(oc7c([2H])c([2H])c([2H])cc76)c5[2H])c([2H])c4)c4cc([2H])c(-c5c([2H])c([2H])c([2H])c([2H])c5[2H])c([2H])c4[2H])c([2H])c32)c([2H])c([2H])c1[2H]. The first kappa shape index (κ1) is 17.9. The van der Waals surface area contributed by atoms with Gasteiger partial charge in [0, 0.05) is 27.8 Å². The lowest BCUT2D eigenvalue weighted by atomic mass is 9.67. The first-order chi connectivity index (χ1) is 46.9. The van der Waals surface area contributed by atoms with Crippen molar-refractivity contribution in [3.05, 3.63) is 282 Å². The van der Waals surface area contributed by atoms with Crippen molar-refractivity contribution in [2.45, 2.75) is 5.41 Å². The van der Waals surface area contributed by atoms with Crippen LogP contribution < -0.4 is 4.90 Å². The molecule has 1 aliphatic rings. The summed E-state index contributed by atoms with van der Waals surface area (Å²) in [4.78, 5) is 0.702.